The van der Waals surface area contributed by atoms with Crippen LogP contribution in [0, 0.1) is 6.92 Å². The van der Waals surface area contributed by atoms with Crippen LogP contribution in [0.15, 0.2) is 39.0 Å². The van der Waals surface area contributed by atoms with Crippen molar-refractivity contribution in [2.75, 3.05) is 12.0 Å². The molecule has 5 nitrogen and oxygen atoms in total. The van der Waals surface area contributed by atoms with Crippen LogP contribution in [0.1, 0.15) is 11.1 Å². The maximum atomic E-state index is 12.8. The average molecular weight is 308 g/mol. The molecule has 114 valence electrons. The smallest absolute Gasteiger partial charge is 0.351 e. The molecule has 3 rings (SSSR count). The quantitative estimate of drug-likeness (QED) is 0.886. The molecule has 8 heteroatoms. The highest BCUT2D eigenvalue weighted by atomic mass is 19.4. The van der Waals surface area contributed by atoms with Crippen molar-refractivity contribution in [3.8, 4) is 0 Å². The Balaban J connectivity index is 2.03. The highest BCUT2D eigenvalue weighted by Crippen LogP contribution is 2.32. The van der Waals surface area contributed by atoms with Crippen LogP contribution in [0.3, 0.4) is 0 Å². The lowest BCUT2D eigenvalue weighted by Crippen LogP contribution is -2.33. The van der Waals surface area contributed by atoms with Gasteiger partial charge in [-0.25, -0.2) is 4.99 Å². The highest BCUT2D eigenvalue weighted by molar-refractivity contribution is 5.60. The zero-order chi connectivity index (χ0) is 15.9. The number of benzene rings is 1. The van der Waals surface area contributed by atoms with Gasteiger partial charge >= 0.3 is 6.18 Å². The van der Waals surface area contributed by atoms with Crippen molar-refractivity contribution in [1.29, 1.82) is 0 Å². The lowest BCUT2D eigenvalue weighted by atomic mass is 10.1. The van der Waals surface area contributed by atoms with Crippen molar-refractivity contribution in [3.63, 3.8) is 0 Å². The largest absolute Gasteiger partial charge is 0.416 e. The fourth-order valence-electron chi connectivity index (χ4n) is 2.20. The number of hydrogen-bond donors (Lipinski definition) is 2. The van der Waals surface area contributed by atoms with Gasteiger partial charge in [-0.15, -0.1) is 0 Å². The minimum atomic E-state index is -4.44. The first-order valence-corrected chi connectivity index (χ1v) is 6.41. The third kappa shape index (κ3) is 2.72. The van der Waals surface area contributed by atoms with E-state index in [2.05, 4.69) is 20.3 Å². The number of pyridine rings is 1. The van der Waals surface area contributed by atoms with Crippen molar-refractivity contribution in [1.82, 2.24) is 4.98 Å². The molecule has 0 bridgehead atoms. The number of halogens is 3. The Bertz CT molecular complexity index is 915. The molecule has 2 N–H and O–H groups in total. The fraction of sp³-hybridized carbons (Fsp3) is 0.214. The van der Waals surface area contributed by atoms with E-state index in [1.54, 1.807) is 6.92 Å². The van der Waals surface area contributed by atoms with Gasteiger partial charge in [0, 0.05) is 5.69 Å². The zero-order valence-corrected chi connectivity index (χ0v) is 11.5. The van der Waals surface area contributed by atoms with Crippen LogP contribution in [-0.2, 0) is 6.18 Å². The van der Waals surface area contributed by atoms with Crippen LogP contribution in [0.25, 0.3) is 0 Å². The molecule has 1 aromatic heterocycles. The molecule has 0 aliphatic carbocycles. The molecular formula is C14H11F3N4O. The molecule has 1 aromatic carbocycles. The van der Waals surface area contributed by atoms with Crippen molar-refractivity contribution < 1.29 is 13.2 Å². The first-order chi connectivity index (χ1) is 10.3. The molecule has 0 atom stereocenters. The van der Waals surface area contributed by atoms with Crippen molar-refractivity contribution in [3.05, 3.63) is 56.6 Å². The number of nitrogens with zero attached hydrogens (tertiary/aromatic N) is 2. The summed E-state index contributed by atoms with van der Waals surface area (Å²) in [7, 11) is 0. The van der Waals surface area contributed by atoms with Crippen LogP contribution >= 0.6 is 0 Å². The molecule has 2 aromatic rings. The summed E-state index contributed by atoms with van der Waals surface area (Å²) in [5.41, 5.74) is -0.0988. The van der Waals surface area contributed by atoms with E-state index in [0.29, 0.717) is 16.4 Å². The maximum Gasteiger partial charge on any atom is 0.416 e. The van der Waals surface area contributed by atoms with Gasteiger partial charge in [-0.1, -0.05) is 0 Å². The van der Waals surface area contributed by atoms with Crippen LogP contribution < -0.4 is 21.7 Å². The molecule has 0 saturated heterocycles. The third-order valence-electron chi connectivity index (χ3n) is 3.15. The second-order valence-corrected chi connectivity index (χ2v) is 4.91. The number of rotatable bonds is 2. The van der Waals surface area contributed by atoms with Gasteiger partial charge in [0.25, 0.3) is 5.56 Å². The molecule has 0 unspecified atom stereocenters. The van der Waals surface area contributed by atoms with Gasteiger partial charge in [-0.05, 0) is 36.8 Å². The fourth-order valence-corrected chi connectivity index (χ4v) is 2.20. The highest BCUT2D eigenvalue weighted by Gasteiger charge is 2.30. The van der Waals surface area contributed by atoms with Crippen molar-refractivity contribution >= 4 is 11.4 Å². The van der Waals surface area contributed by atoms with Crippen molar-refractivity contribution in [2.45, 2.75) is 13.1 Å². The van der Waals surface area contributed by atoms with E-state index in [1.165, 1.54) is 12.1 Å². The minimum absolute atomic E-state index is 0.123. The van der Waals surface area contributed by atoms with Crippen LogP contribution in [0.5, 0.6) is 0 Å². The van der Waals surface area contributed by atoms with Gasteiger partial charge in [0.05, 0.1) is 5.56 Å². The van der Waals surface area contributed by atoms with Gasteiger partial charge in [-0.2, -0.15) is 13.2 Å². The zero-order valence-electron chi connectivity index (χ0n) is 11.5. The number of aromatic nitrogens is 1. The minimum Gasteiger partial charge on any atom is -0.351 e. The summed E-state index contributed by atoms with van der Waals surface area (Å²) < 4.78 is 38.5. The lowest BCUT2D eigenvalue weighted by molar-refractivity contribution is -0.137. The summed E-state index contributed by atoms with van der Waals surface area (Å²) in [6.07, 6.45) is -4.44. The normalized spacial score (nSPS) is 13.3. The average Bonchev–Trinajstić information content (AvgIpc) is 2.84. The molecule has 1 aliphatic rings. The van der Waals surface area contributed by atoms with Crippen LogP contribution in [0.4, 0.5) is 24.5 Å². The Morgan fingerprint density at radius 2 is 1.95 bits per heavy atom. The van der Waals surface area contributed by atoms with E-state index in [1.807, 2.05) is 0 Å². The van der Waals surface area contributed by atoms with Crippen molar-refractivity contribution in [2.24, 2.45) is 9.98 Å². The Hall–Kier alpha value is -2.64. The summed E-state index contributed by atoms with van der Waals surface area (Å²) in [6.45, 7) is 1.79. The second-order valence-electron chi connectivity index (χ2n) is 4.91. The molecule has 1 aliphatic heterocycles. The number of aryl methyl sites for hydroxylation is 1. The monoisotopic (exact) mass is 308 g/mol. The Kier molecular flexibility index (Phi) is 3.23. The first-order valence-electron chi connectivity index (χ1n) is 6.41. The number of aromatic amines is 1. The van der Waals surface area contributed by atoms with E-state index in [9.17, 15) is 18.0 Å². The standard InChI is InChI=1S/C14H11F3N4O/c1-7-2-8(14(15,16)17)4-9(3-7)20-11-5-10-12(19-6-18-10)21-13(11)22/h2-5,20H,6H2,1H3,(H,19,21,22). The molecule has 0 amide bonds. The van der Waals surface area contributed by atoms with Gasteiger partial charge in [0.2, 0.25) is 0 Å². The van der Waals surface area contributed by atoms with E-state index in [-0.39, 0.29) is 18.0 Å². The molecule has 0 radical (unpaired) electrons. The van der Waals surface area contributed by atoms with Gasteiger partial charge in [0.15, 0.2) is 5.49 Å². The number of nitrogens with one attached hydrogen (secondary N) is 2. The molecule has 22 heavy (non-hydrogen) atoms. The SMILES string of the molecule is Cc1cc(Nc2cc3c([nH]c2=O)=NCN=3)cc(C(F)(F)F)c1. The predicted octanol–water partition coefficient (Wildman–Crippen LogP) is 1.66. The number of H-pyrrole nitrogens is 1. The number of alkyl halides is 3. The van der Waals surface area contributed by atoms with Crippen LogP contribution in [-0.4, -0.2) is 11.7 Å². The number of anilines is 2. The summed E-state index contributed by atoms with van der Waals surface area (Å²) >= 11 is 0. The summed E-state index contributed by atoms with van der Waals surface area (Å²) in [4.78, 5) is 22.5. The number of hydrogen-bond acceptors (Lipinski definition) is 4. The maximum absolute atomic E-state index is 12.8. The predicted molar refractivity (Wildman–Crippen MR) is 73.7 cm³/mol. The van der Waals surface area contributed by atoms with E-state index in [4.69, 9.17) is 0 Å². The molecule has 0 saturated carbocycles. The van der Waals surface area contributed by atoms with Crippen LogP contribution in [0.2, 0.25) is 0 Å². The Morgan fingerprint density at radius 1 is 1.18 bits per heavy atom. The van der Waals surface area contributed by atoms with Gasteiger partial charge < -0.3 is 10.3 Å². The topological polar surface area (TPSA) is 69.6 Å². The second kappa shape index (κ2) is 4.97. The molecule has 0 fully saturated rings. The molecule has 2 heterocycles. The first kappa shape index (κ1) is 14.3. The van der Waals surface area contributed by atoms with E-state index < -0.39 is 17.3 Å². The summed E-state index contributed by atoms with van der Waals surface area (Å²) in [5.74, 6) is 0. The summed E-state index contributed by atoms with van der Waals surface area (Å²) in [6, 6.07) is 5.01. The Labute approximate surface area is 122 Å². The third-order valence-corrected chi connectivity index (χ3v) is 3.15. The Morgan fingerprint density at radius 3 is 2.68 bits per heavy atom. The van der Waals surface area contributed by atoms with E-state index >= 15 is 0 Å². The molecular weight excluding hydrogens is 297 g/mol. The molecule has 0 spiro atoms. The lowest BCUT2D eigenvalue weighted by Gasteiger charge is -2.11. The van der Waals surface area contributed by atoms with E-state index in [0.717, 1.165) is 12.1 Å². The summed E-state index contributed by atoms with van der Waals surface area (Å²) in [5, 5.41) is 3.22. The number of fused-ring (bicyclic) bond motifs is 1. The van der Waals surface area contributed by atoms with Gasteiger partial charge in [-0.3, -0.25) is 9.79 Å². The van der Waals surface area contributed by atoms with Gasteiger partial charge in [0.1, 0.15) is 17.7 Å².